The average Bonchev–Trinajstić information content (AvgIpc) is 3.39. The van der Waals surface area contributed by atoms with Crippen LogP contribution in [-0.4, -0.2) is 21.2 Å². The molecule has 6 nitrogen and oxygen atoms in total. The first-order chi connectivity index (χ1) is 14.9. The molecule has 0 aromatic carbocycles. The number of aryl methyl sites for hydroxylation is 3. The molecule has 3 heterocycles. The largest absolute Gasteiger partial charge is 0.316 e. The van der Waals surface area contributed by atoms with Crippen molar-refractivity contribution in [3.63, 3.8) is 0 Å². The number of thioether (sulfide) groups is 1. The molecule has 3 aromatic rings. The zero-order chi connectivity index (χ0) is 22.1. The predicted octanol–water partition coefficient (Wildman–Crippen LogP) is 5.03. The zero-order valence-corrected chi connectivity index (χ0v) is 20.3. The number of anilines is 1. The molecule has 1 aliphatic carbocycles. The van der Waals surface area contributed by atoms with Crippen LogP contribution in [0.4, 0.5) is 5.00 Å². The molecule has 0 aliphatic heterocycles. The lowest BCUT2D eigenvalue weighted by molar-refractivity contribution is -0.113. The molecule has 0 fully saturated rings. The third-order valence-electron chi connectivity index (χ3n) is 5.61. The van der Waals surface area contributed by atoms with Gasteiger partial charge in [0.25, 0.3) is 5.56 Å². The van der Waals surface area contributed by atoms with Gasteiger partial charge in [-0.1, -0.05) is 25.1 Å². The summed E-state index contributed by atoms with van der Waals surface area (Å²) in [6.45, 7) is 6.64. The molecule has 0 spiro atoms. The zero-order valence-electron chi connectivity index (χ0n) is 17.8. The molecule has 31 heavy (non-hydrogen) atoms. The Balaban J connectivity index is 1.56. The molecular weight excluding hydrogens is 448 g/mol. The molecule has 1 amide bonds. The Kier molecular flexibility index (Phi) is 6.51. The highest BCUT2D eigenvalue weighted by Crippen LogP contribution is 2.38. The van der Waals surface area contributed by atoms with Crippen molar-refractivity contribution in [1.82, 2.24) is 9.55 Å². The Morgan fingerprint density at radius 3 is 2.87 bits per heavy atom. The van der Waals surface area contributed by atoms with Crippen molar-refractivity contribution >= 4 is 55.6 Å². The van der Waals surface area contributed by atoms with E-state index in [1.54, 1.807) is 4.57 Å². The van der Waals surface area contributed by atoms with Crippen molar-refractivity contribution in [2.75, 3.05) is 11.1 Å². The average molecular weight is 473 g/mol. The number of fused-ring (bicyclic) bond motifs is 2. The summed E-state index contributed by atoms with van der Waals surface area (Å²) in [5.41, 5.74) is 2.68. The number of hydrogen-bond acceptors (Lipinski definition) is 7. The van der Waals surface area contributed by atoms with Gasteiger partial charge in [-0.25, -0.2) is 4.98 Å². The van der Waals surface area contributed by atoms with Gasteiger partial charge in [-0.3, -0.25) is 14.2 Å². The SMILES string of the molecule is CCCCn1c(SCC(=O)Nc2sc3c(c2C#N)CCC3)nc2sc(C)c(C)c2c1=O. The van der Waals surface area contributed by atoms with E-state index in [2.05, 4.69) is 18.3 Å². The van der Waals surface area contributed by atoms with E-state index in [4.69, 9.17) is 4.98 Å². The number of unbranched alkanes of at least 4 members (excludes halogenated alkanes) is 1. The van der Waals surface area contributed by atoms with Crippen molar-refractivity contribution < 1.29 is 4.79 Å². The predicted molar refractivity (Wildman–Crippen MR) is 129 cm³/mol. The van der Waals surface area contributed by atoms with Crippen LogP contribution in [-0.2, 0) is 24.2 Å². The lowest BCUT2D eigenvalue weighted by Crippen LogP contribution is -2.24. The number of amides is 1. The van der Waals surface area contributed by atoms with E-state index in [-0.39, 0.29) is 17.2 Å². The second-order valence-corrected chi connectivity index (χ2v) is 10.9. The van der Waals surface area contributed by atoms with Crippen LogP contribution in [0.3, 0.4) is 0 Å². The summed E-state index contributed by atoms with van der Waals surface area (Å²) >= 11 is 4.32. The van der Waals surface area contributed by atoms with Crippen molar-refractivity contribution in [2.45, 2.75) is 64.6 Å². The number of nitriles is 1. The van der Waals surface area contributed by atoms with Crippen LogP contribution in [0.15, 0.2) is 9.95 Å². The van der Waals surface area contributed by atoms with Crippen LogP contribution >= 0.6 is 34.4 Å². The fourth-order valence-electron chi connectivity index (χ4n) is 3.84. The summed E-state index contributed by atoms with van der Waals surface area (Å²) in [4.78, 5) is 33.6. The molecule has 1 N–H and O–H groups in total. The number of nitrogens with one attached hydrogen (secondary N) is 1. The first-order valence-corrected chi connectivity index (χ1v) is 13.0. The quantitative estimate of drug-likeness (QED) is 0.385. The normalized spacial score (nSPS) is 12.8. The lowest BCUT2D eigenvalue weighted by atomic mass is 10.1. The minimum absolute atomic E-state index is 0.0235. The van der Waals surface area contributed by atoms with Crippen LogP contribution in [0.25, 0.3) is 10.2 Å². The number of rotatable bonds is 7. The van der Waals surface area contributed by atoms with Gasteiger partial charge in [-0.2, -0.15) is 5.26 Å². The van der Waals surface area contributed by atoms with Gasteiger partial charge in [0, 0.05) is 16.3 Å². The van der Waals surface area contributed by atoms with Gasteiger partial charge in [0.1, 0.15) is 15.9 Å². The second kappa shape index (κ2) is 9.15. The second-order valence-electron chi connectivity index (χ2n) is 7.68. The molecule has 9 heteroatoms. The Hall–Kier alpha value is -2.15. The molecule has 0 unspecified atom stereocenters. The third kappa shape index (κ3) is 4.16. The minimum atomic E-state index is -0.184. The van der Waals surface area contributed by atoms with Gasteiger partial charge >= 0.3 is 0 Å². The Morgan fingerprint density at radius 2 is 2.13 bits per heavy atom. The highest BCUT2D eigenvalue weighted by atomic mass is 32.2. The van der Waals surface area contributed by atoms with Crippen LogP contribution in [0, 0.1) is 25.2 Å². The molecule has 0 bridgehead atoms. The highest BCUT2D eigenvalue weighted by Gasteiger charge is 2.23. The first-order valence-electron chi connectivity index (χ1n) is 10.4. The fourth-order valence-corrected chi connectivity index (χ4v) is 6.99. The van der Waals surface area contributed by atoms with Gasteiger partial charge in [0.15, 0.2) is 5.16 Å². The maximum Gasteiger partial charge on any atom is 0.263 e. The molecule has 0 atom stereocenters. The molecule has 0 radical (unpaired) electrons. The maximum absolute atomic E-state index is 13.2. The number of carbonyl (C=O) groups excluding carboxylic acids is 1. The van der Waals surface area contributed by atoms with Crippen LogP contribution < -0.4 is 10.9 Å². The van der Waals surface area contributed by atoms with Gasteiger partial charge < -0.3 is 5.32 Å². The Morgan fingerprint density at radius 1 is 1.32 bits per heavy atom. The maximum atomic E-state index is 13.2. The standard InChI is InChI=1S/C22H24N4O2S3/c1-4-5-9-26-21(28)18-12(2)13(3)30-20(18)25-22(26)29-11-17(27)24-19-15(10-23)14-7-6-8-16(14)31-19/h4-9,11H2,1-3H3,(H,24,27). The monoisotopic (exact) mass is 472 g/mol. The molecule has 1 aliphatic rings. The summed E-state index contributed by atoms with van der Waals surface area (Å²) < 4.78 is 1.71. The van der Waals surface area contributed by atoms with Crippen LogP contribution in [0.2, 0.25) is 0 Å². The van der Waals surface area contributed by atoms with E-state index >= 15 is 0 Å². The molecule has 0 saturated heterocycles. The number of hydrogen-bond donors (Lipinski definition) is 1. The summed E-state index contributed by atoms with van der Waals surface area (Å²) in [6.07, 6.45) is 4.81. The fraction of sp³-hybridized carbons (Fsp3) is 0.455. The van der Waals surface area contributed by atoms with E-state index in [9.17, 15) is 14.9 Å². The van der Waals surface area contributed by atoms with Crippen molar-refractivity contribution in [3.8, 4) is 6.07 Å². The smallest absolute Gasteiger partial charge is 0.263 e. The third-order valence-corrected chi connectivity index (χ3v) is 8.89. The number of aromatic nitrogens is 2. The van der Waals surface area contributed by atoms with E-state index in [1.165, 1.54) is 39.3 Å². The van der Waals surface area contributed by atoms with Crippen LogP contribution in [0.5, 0.6) is 0 Å². The molecule has 4 rings (SSSR count). The summed E-state index contributed by atoms with van der Waals surface area (Å²) in [5, 5.41) is 14.4. The summed E-state index contributed by atoms with van der Waals surface area (Å²) in [5.74, 6) is -0.0442. The van der Waals surface area contributed by atoms with E-state index in [0.29, 0.717) is 27.7 Å². The Bertz CT molecular complexity index is 1260. The number of carbonyl (C=O) groups is 1. The van der Waals surface area contributed by atoms with E-state index in [1.807, 2.05) is 13.8 Å². The van der Waals surface area contributed by atoms with Crippen molar-refractivity contribution in [3.05, 3.63) is 36.8 Å². The van der Waals surface area contributed by atoms with Gasteiger partial charge in [0.2, 0.25) is 5.91 Å². The highest BCUT2D eigenvalue weighted by molar-refractivity contribution is 7.99. The van der Waals surface area contributed by atoms with Crippen LogP contribution in [0.1, 0.15) is 52.6 Å². The summed E-state index contributed by atoms with van der Waals surface area (Å²) in [6, 6.07) is 2.26. The van der Waals surface area contributed by atoms with E-state index in [0.717, 1.165) is 52.9 Å². The number of thiophene rings is 2. The van der Waals surface area contributed by atoms with Gasteiger partial charge in [-0.05, 0) is 50.7 Å². The minimum Gasteiger partial charge on any atom is -0.316 e. The molecule has 0 saturated carbocycles. The Labute approximate surface area is 193 Å². The van der Waals surface area contributed by atoms with Gasteiger partial charge in [0.05, 0.1) is 16.7 Å². The first kappa shape index (κ1) is 22.1. The molecular formula is C22H24N4O2S3. The lowest BCUT2D eigenvalue weighted by Gasteiger charge is -2.12. The van der Waals surface area contributed by atoms with Crippen molar-refractivity contribution in [1.29, 1.82) is 5.26 Å². The topological polar surface area (TPSA) is 87.8 Å². The van der Waals surface area contributed by atoms with Gasteiger partial charge in [-0.15, -0.1) is 22.7 Å². The van der Waals surface area contributed by atoms with Crippen molar-refractivity contribution in [2.24, 2.45) is 0 Å². The van der Waals surface area contributed by atoms with E-state index < -0.39 is 0 Å². The number of nitrogens with zero attached hydrogens (tertiary/aromatic N) is 3. The molecule has 3 aromatic heterocycles. The summed E-state index contributed by atoms with van der Waals surface area (Å²) in [7, 11) is 0. The molecule has 162 valence electrons.